The van der Waals surface area contributed by atoms with Crippen molar-refractivity contribution in [3.63, 3.8) is 0 Å². The number of benzene rings is 2. The Balaban J connectivity index is 1.93. The maximum absolute atomic E-state index is 13.1. The minimum absolute atomic E-state index is 0.0410. The van der Waals surface area contributed by atoms with Crippen molar-refractivity contribution in [3.8, 4) is 0 Å². The zero-order chi connectivity index (χ0) is 20.3. The lowest BCUT2D eigenvalue weighted by Crippen LogP contribution is -2.30. The lowest BCUT2D eigenvalue weighted by molar-refractivity contribution is -0.121. The Morgan fingerprint density at radius 2 is 1.79 bits per heavy atom. The summed E-state index contributed by atoms with van der Waals surface area (Å²) in [5, 5.41) is 3.41. The SMILES string of the molecule is CC(C)CNC(=O)Cn1cc(S(=O)(=O)Cc2ccc(F)cc2)c2ccccc21. The number of amides is 1. The fraction of sp³-hybridized carbons (Fsp3) is 0.286. The molecule has 0 aliphatic carbocycles. The van der Waals surface area contributed by atoms with Crippen LogP contribution in [0.1, 0.15) is 19.4 Å². The molecule has 2 aromatic carbocycles. The molecular formula is C21H23FN2O3S. The molecule has 1 N–H and O–H groups in total. The van der Waals surface area contributed by atoms with E-state index in [-0.39, 0.29) is 23.1 Å². The van der Waals surface area contributed by atoms with Gasteiger partial charge in [0, 0.05) is 23.6 Å². The number of carbonyl (C=O) groups is 1. The van der Waals surface area contributed by atoms with Gasteiger partial charge in [0.1, 0.15) is 12.4 Å². The van der Waals surface area contributed by atoms with E-state index < -0.39 is 15.7 Å². The number of rotatable bonds is 7. The number of halogens is 1. The molecule has 0 atom stereocenters. The van der Waals surface area contributed by atoms with E-state index in [2.05, 4.69) is 5.32 Å². The molecule has 0 saturated heterocycles. The molecule has 0 aliphatic heterocycles. The van der Waals surface area contributed by atoms with E-state index >= 15 is 0 Å². The van der Waals surface area contributed by atoms with Crippen LogP contribution in [0.4, 0.5) is 4.39 Å². The molecule has 3 rings (SSSR count). The van der Waals surface area contributed by atoms with Crippen molar-refractivity contribution in [2.24, 2.45) is 5.92 Å². The molecule has 1 amide bonds. The molecule has 28 heavy (non-hydrogen) atoms. The standard InChI is InChI=1S/C21H23FN2O3S/c1-15(2)11-23-21(25)13-24-12-20(18-5-3-4-6-19(18)24)28(26,27)14-16-7-9-17(22)10-8-16/h3-10,12,15H,11,13-14H2,1-2H3,(H,23,25). The van der Waals surface area contributed by atoms with E-state index in [9.17, 15) is 17.6 Å². The second-order valence-electron chi connectivity index (χ2n) is 7.22. The average Bonchev–Trinajstić information content (AvgIpc) is 3.01. The molecule has 148 valence electrons. The minimum atomic E-state index is -3.67. The molecule has 0 spiro atoms. The van der Waals surface area contributed by atoms with Gasteiger partial charge in [0.2, 0.25) is 5.91 Å². The van der Waals surface area contributed by atoms with Crippen molar-refractivity contribution in [3.05, 3.63) is 66.1 Å². The van der Waals surface area contributed by atoms with Gasteiger partial charge in [-0.05, 0) is 29.7 Å². The Kier molecular flexibility index (Phi) is 5.84. The number of nitrogens with one attached hydrogen (secondary N) is 1. The van der Waals surface area contributed by atoms with Gasteiger partial charge in [-0.15, -0.1) is 0 Å². The highest BCUT2D eigenvalue weighted by atomic mass is 32.2. The third-order valence-electron chi connectivity index (χ3n) is 4.38. The first-order chi connectivity index (χ1) is 13.3. The largest absolute Gasteiger partial charge is 0.354 e. The molecule has 0 unspecified atom stereocenters. The van der Waals surface area contributed by atoms with Gasteiger partial charge in [-0.25, -0.2) is 12.8 Å². The lowest BCUT2D eigenvalue weighted by atomic mass is 10.2. The molecule has 1 heterocycles. The number of nitrogens with zero attached hydrogens (tertiary/aromatic N) is 1. The normalized spacial score (nSPS) is 11.9. The van der Waals surface area contributed by atoms with Gasteiger partial charge >= 0.3 is 0 Å². The van der Waals surface area contributed by atoms with Crippen molar-refractivity contribution >= 4 is 26.6 Å². The van der Waals surface area contributed by atoms with Crippen LogP contribution < -0.4 is 5.32 Å². The smallest absolute Gasteiger partial charge is 0.239 e. The molecule has 0 aliphatic rings. The fourth-order valence-electron chi connectivity index (χ4n) is 3.00. The van der Waals surface area contributed by atoms with Gasteiger partial charge in [-0.1, -0.05) is 44.2 Å². The Labute approximate surface area is 164 Å². The van der Waals surface area contributed by atoms with Gasteiger partial charge in [-0.3, -0.25) is 4.79 Å². The third kappa shape index (κ3) is 4.59. The maximum atomic E-state index is 13.1. The van der Waals surface area contributed by atoms with E-state index in [1.165, 1.54) is 30.5 Å². The minimum Gasteiger partial charge on any atom is -0.354 e. The molecule has 5 nitrogen and oxygen atoms in total. The molecule has 7 heteroatoms. The van der Waals surface area contributed by atoms with Gasteiger partial charge in [0.25, 0.3) is 0 Å². The predicted octanol–water partition coefficient (Wildman–Crippen LogP) is 3.53. The molecule has 0 bridgehead atoms. The van der Waals surface area contributed by atoms with Crippen LogP contribution in [0.2, 0.25) is 0 Å². The first kappa shape index (κ1) is 20.1. The van der Waals surface area contributed by atoms with E-state index in [4.69, 9.17) is 0 Å². The molecule has 0 radical (unpaired) electrons. The van der Waals surface area contributed by atoms with Crippen molar-refractivity contribution in [2.45, 2.75) is 31.0 Å². The van der Waals surface area contributed by atoms with Crippen molar-refractivity contribution < 1.29 is 17.6 Å². The summed E-state index contributed by atoms with van der Waals surface area (Å²) in [6.45, 7) is 4.62. The zero-order valence-corrected chi connectivity index (χ0v) is 16.7. The average molecular weight is 402 g/mol. The number of fused-ring (bicyclic) bond motifs is 1. The summed E-state index contributed by atoms with van der Waals surface area (Å²) in [7, 11) is -3.67. The van der Waals surface area contributed by atoms with Crippen molar-refractivity contribution in [1.82, 2.24) is 9.88 Å². The van der Waals surface area contributed by atoms with Crippen LogP contribution >= 0.6 is 0 Å². The van der Waals surface area contributed by atoms with E-state index in [1.54, 1.807) is 28.8 Å². The van der Waals surface area contributed by atoms with Gasteiger partial charge in [-0.2, -0.15) is 0 Å². The Morgan fingerprint density at radius 1 is 1.11 bits per heavy atom. The zero-order valence-electron chi connectivity index (χ0n) is 15.9. The van der Waals surface area contributed by atoms with E-state index in [0.717, 1.165) is 0 Å². The highest BCUT2D eigenvalue weighted by Crippen LogP contribution is 2.28. The summed E-state index contributed by atoms with van der Waals surface area (Å²) in [6, 6.07) is 12.5. The summed E-state index contributed by atoms with van der Waals surface area (Å²) >= 11 is 0. The monoisotopic (exact) mass is 402 g/mol. The Bertz CT molecular complexity index is 1090. The summed E-state index contributed by atoms with van der Waals surface area (Å²) in [5.74, 6) is -0.486. The van der Waals surface area contributed by atoms with Gasteiger partial charge < -0.3 is 9.88 Å². The summed E-state index contributed by atoms with van der Waals surface area (Å²) in [5.41, 5.74) is 1.19. The second-order valence-corrected chi connectivity index (χ2v) is 9.18. The van der Waals surface area contributed by atoms with Crippen molar-refractivity contribution in [1.29, 1.82) is 0 Å². The number of carbonyl (C=O) groups excluding carboxylic acids is 1. The Morgan fingerprint density at radius 3 is 2.46 bits per heavy atom. The van der Waals surface area contributed by atoms with Crippen LogP contribution in [0.15, 0.2) is 59.6 Å². The lowest BCUT2D eigenvalue weighted by Gasteiger charge is -2.09. The summed E-state index contributed by atoms with van der Waals surface area (Å²) in [4.78, 5) is 12.4. The fourth-order valence-corrected chi connectivity index (χ4v) is 4.58. The highest BCUT2D eigenvalue weighted by Gasteiger charge is 2.22. The van der Waals surface area contributed by atoms with E-state index in [0.29, 0.717) is 28.9 Å². The summed E-state index contributed by atoms with van der Waals surface area (Å²) in [6.07, 6.45) is 1.51. The van der Waals surface area contributed by atoms with Gasteiger partial charge in [0.05, 0.1) is 10.6 Å². The van der Waals surface area contributed by atoms with Gasteiger partial charge in [0.15, 0.2) is 9.84 Å². The highest BCUT2D eigenvalue weighted by molar-refractivity contribution is 7.90. The maximum Gasteiger partial charge on any atom is 0.239 e. The van der Waals surface area contributed by atoms with Crippen molar-refractivity contribution in [2.75, 3.05) is 6.54 Å². The van der Waals surface area contributed by atoms with Crippen LogP contribution in [-0.4, -0.2) is 25.4 Å². The van der Waals surface area contributed by atoms with Crippen LogP contribution in [0, 0.1) is 11.7 Å². The van der Waals surface area contributed by atoms with Crippen LogP contribution in [0.5, 0.6) is 0 Å². The molecular weight excluding hydrogens is 379 g/mol. The number of para-hydroxylation sites is 1. The summed E-state index contributed by atoms with van der Waals surface area (Å²) < 4.78 is 40.8. The second kappa shape index (κ2) is 8.14. The van der Waals surface area contributed by atoms with Crippen LogP contribution in [0.3, 0.4) is 0 Å². The number of hydrogen-bond donors (Lipinski definition) is 1. The molecule has 0 saturated carbocycles. The number of aromatic nitrogens is 1. The Hall–Kier alpha value is -2.67. The topological polar surface area (TPSA) is 68.2 Å². The third-order valence-corrected chi connectivity index (χ3v) is 6.09. The molecule has 1 aromatic heterocycles. The molecule has 0 fully saturated rings. The predicted molar refractivity (Wildman–Crippen MR) is 107 cm³/mol. The van der Waals surface area contributed by atoms with Crippen LogP contribution in [-0.2, 0) is 26.9 Å². The van der Waals surface area contributed by atoms with E-state index in [1.807, 2.05) is 13.8 Å². The number of sulfone groups is 1. The number of hydrogen-bond acceptors (Lipinski definition) is 3. The molecule has 3 aromatic rings. The first-order valence-corrected chi connectivity index (χ1v) is 10.7. The van der Waals surface area contributed by atoms with Crippen LogP contribution in [0.25, 0.3) is 10.9 Å². The quantitative estimate of drug-likeness (QED) is 0.657. The first-order valence-electron chi connectivity index (χ1n) is 9.08.